The van der Waals surface area contributed by atoms with Crippen LogP contribution in [0.25, 0.3) is 0 Å². The fraction of sp³-hybridized carbons (Fsp3) is 0.364. The predicted molar refractivity (Wildman–Crippen MR) is 95.8 cm³/mol. The van der Waals surface area contributed by atoms with Crippen LogP contribution in [-0.2, 0) is 9.53 Å². The topological polar surface area (TPSA) is 53.3 Å². The van der Waals surface area contributed by atoms with E-state index < -0.39 is 5.60 Å². The first-order chi connectivity index (χ1) is 12.7. The van der Waals surface area contributed by atoms with E-state index in [9.17, 15) is 4.79 Å². The summed E-state index contributed by atoms with van der Waals surface area (Å²) in [6, 6.07) is 9.94. The number of fused-ring (bicyclic) bond motifs is 3. The Morgan fingerprint density at radius 3 is 2.77 bits per heavy atom. The van der Waals surface area contributed by atoms with Crippen LogP contribution >= 0.6 is 0 Å². The maximum atomic E-state index is 12.1. The SMILES string of the molecule is N#Cc1ccc(C#CC2=C[C@@H]3C[C@@]4(OC(=O)C=C24)[C@H]2CCCCN32)cc1. The van der Waals surface area contributed by atoms with Gasteiger partial charge in [-0.3, -0.25) is 4.90 Å². The van der Waals surface area contributed by atoms with Crippen LogP contribution in [-0.4, -0.2) is 35.1 Å². The van der Waals surface area contributed by atoms with Crippen LogP contribution in [0.1, 0.15) is 36.8 Å². The molecule has 0 amide bonds. The van der Waals surface area contributed by atoms with Crippen LogP contribution < -0.4 is 0 Å². The van der Waals surface area contributed by atoms with Gasteiger partial charge in [0, 0.05) is 35.2 Å². The van der Waals surface area contributed by atoms with E-state index in [-0.39, 0.29) is 12.0 Å². The van der Waals surface area contributed by atoms with Crippen molar-refractivity contribution in [3.05, 3.63) is 58.7 Å². The lowest BCUT2D eigenvalue weighted by molar-refractivity contribution is -0.148. The van der Waals surface area contributed by atoms with Crippen molar-refractivity contribution in [1.29, 1.82) is 5.26 Å². The molecule has 1 spiro atoms. The number of hydrogen-bond acceptors (Lipinski definition) is 4. The minimum Gasteiger partial charge on any atom is -0.449 e. The van der Waals surface area contributed by atoms with E-state index in [4.69, 9.17) is 10.00 Å². The second-order valence-corrected chi connectivity index (χ2v) is 7.41. The molecule has 0 radical (unpaired) electrons. The first-order valence-corrected chi connectivity index (χ1v) is 9.15. The minimum absolute atomic E-state index is 0.237. The Morgan fingerprint density at radius 1 is 1.15 bits per heavy atom. The van der Waals surface area contributed by atoms with Gasteiger partial charge in [0.05, 0.1) is 17.7 Å². The van der Waals surface area contributed by atoms with E-state index in [1.54, 1.807) is 18.2 Å². The Labute approximate surface area is 152 Å². The van der Waals surface area contributed by atoms with Crippen LogP contribution in [0.2, 0.25) is 0 Å². The van der Waals surface area contributed by atoms with Crippen molar-refractivity contribution in [3.8, 4) is 17.9 Å². The zero-order valence-electron chi connectivity index (χ0n) is 14.4. The van der Waals surface area contributed by atoms with Crippen molar-refractivity contribution in [2.75, 3.05) is 6.54 Å². The minimum atomic E-state index is -0.494. The van der Waals surface area contributed by atoms with Crippen LogP contribution in [0.5, 0.6) is 0 Å². The number of rotatable bonds is 0. The summed E-state index contributed by atoms with van der Waals surface area (Å²) in [5.41, 5.74) is 2.88. The molecular formula is C22H18N2O2. The predicted octanol–water partition coefficient (Wildman–Crippen LogP) is 2.70. The number of ether oxygens (including phenoxy) is 1. The average Bonchev–Trinajstić information content (AvgIpc) is 3.15. The molecule has 2 saturated heterocycles. The zero-order valence-corrected chi connectivity index (χ0v) is 14.4. The highest BCUT2D eigenvalue weighted by Gasteiger charge is 2.61. The van der Waals surface area contributed by atoms with Gasteiger partial charge in [0.25, 0.3) is 0 Å². The molecule has 1 aromatic rings. The summed E-state index contributed by atoms with van der Waals surface area (Å²) in [6.45, 7) is 1.06. The molecule has 0 N–H and O–H groups in total. The highest BCUT2D eigenvalue weighted by Crippen LogP contribution is 2.53. The zero-order chi connectivity index (χ0) is 17.7. The fourth-order valence-electron chi connectivity index (χ4n) is 4.94. The molecule has 26 heavy (non-hydrogen) atoms. The lowest BCUT2D eigenvalue weighted by Gasteiger charge is -2.38. The second-order valence-electron chi connectivity index (χ2n) is 7.41. The molecule has 1 aliphatic carbocycles. The van der Waals surface area contributed by atoms with Gasteiger partial charge in [-0.1, -0.05) is 24.3 Å². The number of carbonyl (C=O) groups is 1. The molecule has 2 fully saturated rings. The van der Waals surface area contributed by atoms with Gasteiger partial charge >= 0.3 is 5.97 Å². The largest absolute Gasteiger partial charge is 0.449 e. The molecule has 3 heterocycles. The number of nitrogens with zero attached hydrogens (tertiary/aromatic N) is 2. The summed E-state index contributed by atoms with van der Waals surface area (Å²) in [5.74, 6) is 6.22. The summed E-state index contributed by atoms with van der Waals surface area (Å²) in [4.78, 5) is 14.6. The van der Waals surface area contributed by atoms with Gasteiger partial charge in [-0.25, -0.2) is 4.79 Å². The summed E-state index contributed by atoms with van der Waals surface area (Å²) in [5, 5.41) is 8.90. The third kappa shape index (κ3) is 2.16. The fourth-order valence-corrected chi connectivity index (χ4v) is 4.94. The lowest BCUT2D eigenvalue weighted by atomic mass is 9.77. The maximum Gasteiger partial charge on any atom is 0.332 e. The molecule has 3 aliphatic heterocycles. The van der Waals surface area contributed by atoms with E-state index in [2.05, 4.69) is 28.9 Å². The van der Waals surface area contributed by atoms with Crippen molar-refractivity contribution in [2.45, 2.75) is 43.4 Å². The van der Waals surface area contributed by atoms with Crippen molar-refractivity contribution in [1.82, 2.24) is 4.90 Å². The number of carbonyl (C=O) groups excluding carboxylic acids is 1. The Morgan fingerprint density at radius 2 is 1.96 bits per heavy atom. The number of benzene rings is 1. The number of nitriles is 1. The van der Waals surface area contributed by atoms with Crippen molar-refractivity contribution in [3.63, 3.8) is 0 Å². The van der Waals surface area contributed by atoms with Gasteiger partial charge in [-0.15, -0.1) is 0 Å². The number of hydrogen-bond donors (Lipinski definition) is 0. The molecule has 2 bridgehead atoms. The quantitative estimate of drug-likeness (QED) is 0.537. The molecule has 1 aromatic carbocycles. The number of esters is 1. The standard InChI is InChI=1S/C22H18N2O2/c23-14-16-6-4-15(5-7-16)8-9-17-11-18-13-22(19(17)12-21(25)26-22)20-3-1-2-10-24(18)20/h4-7,11-12,18,20H,1-3,10,13H2/t18-,20-,22+/m1/s1. The molecule has 0 unspecified atom stereocenters. The van der Waals surface area contributed by atoms with Gasteiger partial charge in [-0.05, 0) is 43.7 Å². The summed E-state index contributed by atoms with van der Waals surface area (Å²) >= 11 is 0. The molecule has 0 aromatic heterocycles. The van der Waals surface area contributed by atoms with Gasteiger partial charge in [0.15, 0.2) is 5.60 Å². The third-order valence-electron chi connectivity index (χ3n) is 6.03. The Bertz CT molecular complexity index is 955. The highest BCUT2D eigenvalue weighted by atomic mass is 16.6. The number of piperidine rings is 1. The molecule has 3 atom stereocenters. The van der Waals surface area contributed by atoms with Crippen molar-refractivity contribution in [2.24, 2.45) is 0 Å². The molecule has 128 valence electrons. The molecule has 5 rings (SSSR count). The monoisotopic (exact) mass is 342 g/mol. The summed E-state index contributed by atoms with van der Waals surface area (Å²) in [7, 11) is 0. The van der Waals surface area contributed by atoms with E-state index in [0.717, 1.165) is 36.1 Å². The Balaban J connectivity index is 1.54. The van der Waals surface area contributed by atoms with Crippen LogP contribution in [0.3, 0.4) is 0 Å². The first-order valence-electron chi connectivity index (χ1n) is 9.15. The van der Waals surface area contributed by atoms with Gasteiger partial charge in [-0.2, -0.15) is 5.26 Å². The van der Waals surface area contributed by atoms with E-state index in [0.29, 0.717) is 11.6 Å². The lowest BCUT2D eigenvalue weighted by Crippen LogP contribution is -2.48. The van der Waals surface area contributed by atoms with Crippen molar-refractivity contribution < 1.29 is 9.53 Å². The average molecular weight is 342 g/mol. The van der Waals surface area contributed by atoms with E-state index in [1.807, 2.05) is 12.1 Å². The Kier molecular flexibility index (Phi) is 3.32. The molecule has 4 nitrogen and oxygen atoms in total. The summed E-state index contributed by atoms with van der Waals surface area (Å²) < 4.78 is 5.91. The third-order valence-corrected chi connectivity index (χ3v) is 6.03. The van der Waals surface area contributed by atoms with Crippen LogP contribution in [0.4, 0.5) is 0 Å². The van der Waals surface area contributed by atoms with Gasteiger partial charge < -0.3 is 4.74 Å². The van der Waals surface area contributed by atoms with E-state index in [1.165, 1.54) is 12.8 Å². The normalized spacial score (nSPS) is 31.6. The maximum absolute atomic E-state index is 12.1. The second kappa shape index (κ2) is 5.59. The van der Waals surface area contributed by atoms with E-state index >= 15 is 0 Å². The molecular weight excluding hydrogens is 324 g/mol. The highest BCUT2D eigenvalue weighted by molar-refractivity contribution is 5.90. The van der Waals surface area contributed by atoms with Crippen LogP contribution in [0.15, 0.2) is 47.6 Å². The Hall–Kier alpha value is -2.82. The molecule has 4 heteroatoms. The first kappa shape index (κ1) is 15.4. The smallest absolute Gasteiger partial charge is 0.332 e. The van der Waals surface area contributed by atoms with Crippen LogP contribution in [0, 0.1) is 23.2 Å². The summed E-state index contributed by atoms with van der Waals surface area (Å²) in [6.07, 6.45) is 8.19. The molecule has 4 aliphatic rings. The van der Waals surface area contributed by atoms with Gasteiger partial charge in [0.1, 0.15) is 0 Å². The molecule has 0 saturated carbocycles. The van der Waals surface area contributed by atoms with Crippen molar-refractivity contribution >= 4 is 5.97 Å². The van der Waals surface area contributed by atoms with Gasteiger partial charge in [0.2, 0.25) is 0 Å².